The Labute approximate surface area is 487 Å². The molecule has 4 nitrogen and oxygen atoms in total. The SMILES string of the molecule is c1ccc(C2(c3ccccc3)c3ccccc3-c3ccc(N(c4cccc(N(c5cccc6c5-c5ccccc5C6(c5ccccc5)c5ccccc5)c5cccc6oc7ccccc7c56)c4)c4cccc5oc6ccccc6c45)cc32)cc1. The molecule has 0 saturated carbocycles. The van der Waals surface area contributed by atoms with Crippen LogP contribution in [0.2, 0.25) is 0 Å². The Morgan fingerprint density at radius 3 is 1.19 bits per heavy atom. The summed E-state index contributed by atoms with van der Waals surface area (Å²) in [5.41, 5.74) is 22.8. The Morgan fingerprint density at radius 1 is 0.238 bits per heavy atom. The molecule has 0 saturated heterocycles. The fourth-order valence-corrected chi connectivity index (χ4v) is 14.7. The molecule has 0 unspecified atom stereocenters. The van der Waals surface area contributed by atoms with Crippen LogP contribution in [0.25, 0.3) is 66.1 Å². The van der Waals surface area contributed by atoms with Crippen LogP contribution in [0.4, 0.5) is 34.1 Å². The minimum absolute atomic E-state index is 0.614. The zero-order chi connectivity index (χ0) is 55.3. The van der Waals surface area contributed by atoms with Crippen molar-refractivity contribution in [3.8, 4) is 22.3 Å². The molecule has 15 aromatic rings. The van der Waals surface area contributed by atoms with E-state index in [0.29, 0.717) is 0 Å². The molecule has 0 radical (unpaired) electrons. The van der Waals surface area contributed by atoms with E-state index in [1.54, 1.807) is 0 Å². The van der Waals surface area contributed by atoms with Gasteiger partial charge in [0.2, 0.25) is 0 Å². The van der Waals surface area contributed by atoms with Crippen molar-refractivity contribution in [2.75, 3.05) is 9.80 Å². The van der Waals surface area contributed by atoms with Crippen molar-refractivity contribution < 1.29 is 8.83 Å². The number of nitrogens with zero attached hydrogens (tertiary/aromatic N) is 2. The molecule has 0 aliphatic heterocycles. The summed E-state index contributed by atoms with van der Waals surface area (Å²) in [5.74, 6) is 0. The lowest BCUT2D eigenvalue weighted by atomic mass is 9.67. The van der Waals surface area contributed by atoms with Gasteiger partial charge in [0.15, 0.2) is 0 Å². The number of rotatable bonds is 10. The Hall–Kier alpha value is -10.9. The largest absolute Gasteiger partial charge is 0.456 e. The number of fused-ring (bicyclic) bond motifs is 12. The topological polar surface area (TPSA) is 32.8 Å². The molecular formula is C80H52N2O2. The van der Waals surface area contributed by atoms with Crippen LogP contribution in [0.3, 0.4) is 0 Å². The zero-order valence-corrected chi connectivity index (χ0v) is 45.7. The normalized spacial score (nSPS) is 13.4. The van der Waals surface area contributed by atoms with Gasteiger partial charge in [0.25, 0.3) is 0 Å². The van der Waals surface area contributed by atoms with Gasteiger partial charge in [0.05, 0.1) is 38.7 Å². The van der Waals surface area contributed by atoms with Gasteiger partial charge in [-0.25, -0.2) is 0 Å². The molecule has 0 N–H and O–H groups in total. The standard InChI is InChI=1S/C80H52N2O2/c1-5-25-53(26-6-1)79(54-27-7-2-8-28-54)66-40-18-14-36-62(66)76-67(79)41-22-42-69(76)82(71-44-24-48-75-78(71)64-38-16-20-46-73(64)84-75)58-34-21-33-57(51-58)81(70-43-23-47-74-77(70)63-37-15-19-45-72(63)83-74)59-49-50-61-60-35-13-17-39-65(60)80(68(61)52-59,55-29-9-3-10-30-55)56-31-11-4-12-32-56/h1-52H. The van der Waals surface area contributed by atoms with E-state index >= 15 is 0 Å². The summed E-state index contributed by atoms with van der Waals surface area (Å²) < 4.78 is 13.5. The van der Waals surface area contributed by atoms with Gasteiger partial charge in [-0.2, -0.15) is 0 Å². The Kier molecular flexibility index (Phi) is 10.7. The van der Waals surface area contributed by atoms with E-state index in [1.807, 2.05) is 0 Å². The number of benzene rings is 13. The predicted octanol–water partition coefficient (Wildman–Crippen LogP) is 21.2. The van der Waals surface area contributed by atoms with Crippen LogP contribution >= 0.6 is 0 Å². The summed E-state index contributed by atoms with van der Waals surface area (Å²) >= 11 is 0. The van der Waals surface area contributed by atoms with E-state index in [1.165, 1.54) is 66.8 Å². The van der Waals surface area contributed by atoms with Crippen LogP contribution in [-0.4, -0.2) is 0 Å². The Bertz CT molecular complexity index is 4960. The summed E-state index contributed by atoms with van der Waals surface area (Å²) in [6.45, 7) is 0. The fraction of sp³-hybridized carbons (Fsp3) is 0.0250. The summed E-state index contributed by atoms with van der Waals surface area (Å²) in [4.78, 5) is 4.96. The van der Waals surface area contributed by atoms with Gasteiger partial charge in [0, 0.05) is 33.4 Å². The highest BCUT2D eigenvalue weighted by Gasteiger charge is 2.49. The van der Waals surface area contributed by atoms with Crippen LogP contribution in [0.15, 0.2) is 324 Å². The van der Waals surface area contributed by atoms with E-state index in [0.717, 1.165) is 78.0 Å². The van der Waals surface area contributed by atoms with Crippen molar-refractivity contribution in [3.63, 3.8) is 0 Å². The van der Waals surface area contributed by atoms with Crippen molar-refractivity contribution in [2.24, 2.45) is 0 Å². The molecule has 0 amide bonds. The predicted molar refractivity (Wildman–Crippen MR) is 345 cm³/mol. The molecule has 2 aliphatic carbocycles. The highest BCUT2D eigenvalue weighted by Crippen LogP contribution is 2.61. The molecule has 4 heteroatoms. The lowest BCUT2D eigenvalue weighted by Gasteiger charge is -2.35. The van der Waals surface area contributed by atoms with Gasteiger partial charge in [-0.05, 0) is 134 Å². The van der Waals surface area contributed by atoms with Crippen LogP contribution in [0.5, 0.6) is 0 Å². The average Bonchev–Trinajstić information content (AvgIpc) is 1.62. The highest BCUT2D eigenvalue weighted by molar-refractivity contribution is 6.16. The first-order valence-corrected chi connectivity index (χ1v) is 28.9. The number of anilines is 6. The quantitative estimate of drug-likeness (QED) is 0.137. The Balaban J connectivity index is 0.957. The van der Waals surface area contributed by atoms with E-state index < -0.39 is 10.8 Å². The van der Waals surface area contributed by atoms with Crippen molar-refractivity contribution >= 4 is 78.0 Å². The molecule has 17 rings (SSSR count). The third-order valence-electron chi connectivity index (χ3n) is 18.0. The van der Waals surface area contributed by atoms with Gasteiger partial charge in [-0.3, -0.25) is 0 Å². The zero-order valence-electron chi connectivity index (χ0n) is 45.7. The summed E-state index contributed by atoms with van der Waals surface area (Å²) in [6.07, 6.45) is 0. The van der Waals surface area contributed by atoms with E-state index in [-0.39, 0.29) is 0 Å². The number of hydrogen-bond donors (Lipinski definition) is 0. The molecule has 2 heterocycles. The minimum Gasteiger partial charge on any atom is -0.456 e. The monoisotopic (exact) mass is 1070 g/mol. The van der Waals surface area contributed by atoms with Crippen LogP contribution in [-0.2, 0) is 10.8 Å². The van der Waals surface area contributed by atoms with Crippen molar-refractivity contribution in [3.05, 3.63) is 360 Å². The second kappa shape index (κ2) is 18.8. The lowest BCUT2D eigenvalue weighted by Crippen LogP contribution is -2.28. The number of furan rings is 2. The van der Waals surface area contributed by atoms with Gasteiger partial charge in [-0.1, -0.05) is 243 Å². The number of para-hydroxylation sites is 2. The highest BCUT2D eigenvalue weighted by atomic mass is 16.3. The maximum atomic E-state index is 6.76. The second-order valence-corrected chi connectivity index (χ2v) is 22.2. The van der Waals surface area contributed by atoms with Crippen LogP contribution in [0, 0.1) is 0 Å². The summed E-state index contributed by atoms with van der Waals surface area (Å²) in [7, 11) is 0. The first-order chi connectivity index (χ1) is 41.7. The molecular weight excluding hydrogens is 1020 g/mol. The van der Waals surface area contributed by atoms with Crippen LogP contribution in [0.1, 0.15) is 44.5 Å². The first kappa shape index (κ1) is 47.8. The number of hydrogen-bond acceptors (Lipinski definition) is 4. The van der Waals surface area contributed by atoms with E-state index in [9.17, 15) is 0 Å². The molecule has 0 bridgehead atoms. The first-order valence-electron chi connectivity index (χ1n) is 28.9. The summed E-state index contributed by atoms with van der Waals surface area (Å²) in [5, 5.41) is 4.20. The van der Waals surface area contributed by atoms with Gasteiger partial charge < -0.3 is 18.6 Å². The smallest absolute Gasteiger partial charge is 0.137 e. The van der Waals surface area contributed by atoms with E-state index in [4.69, 9.17) is 8.83 Å². The second-order valence-electron chi connectivity index (χ2n) is 22.2. The van der Waals surface area contributed by atoms with Crippen molar-refractivity contribution in [1.29, 1.82) is 0 Å². The molecule has 2 aromatic heterocycles. The third-order valence-corrected chi connectivity index (χ3v) is 18.0. The van der Waals surface area contributed by atoms with Crippen molar-refractivity contribution in [2.45, 2.75) is 10.8 Å². The summed E-state index contributed by atoms with van der Waals surface area (Å²) in [6, 6.07) is 115. The third kappa shape index (κ3) is 6.83. The molecule has 13 aromatic carbocycles. The van der Waals surface area contributed by atoms with Crippen molar-refractivity contribution in [1.82, 2.24) is 0 Å². The molecule has 2 aliphatic rings. The fourth-order valence-electron chi connectivity index (χ4n) is 14.7. The maximum Gasteiger partial charge on any atom is 0.137 e. The molecule has 0 fully saturated rings. The molecule has 0 atom stereocenters. The van der Waals surface area contributed by atoms with Gasteiger partial charge >= 0.3 is 0 Å². The van der Waals surface area contributed by atoms with E-state index in [2.05, 4.69) is 325 Å². The molecule has 0 spiro atoms. The van der Waals surface area contributed by atoms with Gasteiger partial charge in [0.1, 0.15) is 22.3 Å². The molecule has 84 heavy (non-hydrogen) atoms. The average molecular weight is 1070 g/mol. The van der Waals surface area contributed by atoms with Crippen LogP contribution < -0.4 is 9.80 Å². The minimum atomic E-state index is -0.617. The lowest BCUT2D eigenvalue weighted by molar-refractivity contribution is 0.668. The van der Waals surface area contributed by atoms with Gasteiger partial charge in [-0.15, -0.1) is 0 Å². The maximum absolute atomic E-state index is 6.76. The molecule has 394 valence electrons. The Morgan fingerprint density at radius 2 is 0.619 bits per heavy atom.